The number of pyridine rings is 1. The molecule has 12 heavy (non-hydrogen) atoms. The van der Waals surface area contributed by atoms with Gasteiger partial charge in [0, 0.05) is 10.6 Å². The van der Waals surface area contributed by atoms with E-state index in [0.717, 1.165) is 0 Å². The molecular formula is C7H9N3O2. The van der Waals surface area contributed by atoms with Gasteiger partial charge in [-0.3, -0.25) is 15.1 Å². The van der Waals surface area contributed by atoms with Crippen LogP contribution in [0.15, 0.2) is 18.3 Å². The molecule has 5 nitrogen and oxygen atoms in total. The van der Waals surface area contributed by atoms with E-state index in [2.05, 4.69) is 4.98 Å². The van der Waals surface area contributed by atoms with Crippen molar-refractivity contribution in [1.82, 2.24) is 4.98 Å². The predicted molar refractivity (Wildman–Crippen MR) is 44.2 cm³/mol. The molecule has 1 heterocycles. The maximum absolute atomic E-state index is 9.99. The summed E-state index contributed by atoms with van der Waals surface area (Å²) in [4.78, 5) is 13.6. The zero-order valence-electron chi connectivity index (χ0n) is 6.43. The van der Waals surface area contributed by atoms with Gasteiger partial charge in [-0.1, -0.05) is 0 Å². The van der Waals surface area contributed by atoms with E-state index in [0.29, 0.717) is 17.8 Å². The molecule has 0 aliphatic rings. The lowest BCUT2D eigenvalue weighted by molar-refractivity contribution is -0.479. The molecule has 0 fully saturated rings. The smallest absolute Gasteiger partial charge is 0.209 e. The Kier molecular flexibility index (Phi) is 2.57. The highest BCUT2D eigenvalue weighted by atomic mass is 16.6. The Morgan fingerprint density at radius 2 is 2.33 bits per heavy atom. The van der Waals surface area contributed by atoms with E-state index in [9.17, 15) is 10.1 Å². The van der Waals surface area contributed by atoms with Crippen LogP contribution in [0.5, 0.6) is 0 Å². The van der Waals surface area contributed by atoms with Crippen molar-refractivity contribution in [3.05, 3.63) is 34.1 Å². The molecule has 2 N–H and O–H groups in total. The number of nitrogens with zero attached hydrogens (tertiary/aromatic N) is 2. The Hall–Kier alpha value is -1.65. The Bertz CT molecular complexity index is 270. The second kappa shape index (κ2) is 3.66. The summed E-state index contributed by atoms with van der Waals surface area (Å²) in [6, 6.07) is 3.38. The van der Waals surface area contributed by atoms with Crippen molar-refractivity contribution in [2.45, 2.75) is 6.42 Å². The summed E-state index contributed by atoms with van der Waals surface area (Å²) in [6.07, 6.45) is 1.85. The van der Waals surface area contributed by atoms with Crippen molar-refractivity contribution < 1.29 is 4.92 Å². The SMILES string of the molecule is Nc1ccc(CC[N+](=O)[O-])nc1. The lowest BCUT2D eigenvalue weighted by Crippen LogP contribution is -2.05. The molecular weight excluding hydrogens is 158 g/mol. The van der Waals surface area contributed by atoms with Crippen molar-refractivity contribution in [2.24, 2.45) is 0 Å². The summed E-state index contributed by atoms with van der Waals surface area (Å²) in [5.74, 6) is 0. The van der Waals surface area contributed by atoms with Crippen LogP contribution in [0.3, 0.4) is 0 Å². The van der Waals surface area contributed by atoms with Gasteiger partial charge in [0.05, 0.1) is 18.3 Å². The van der Waals surface area contributed by atoms with Crippen LogP contribution >= 0.6 is 0 Å². The van der Waals surface area contributed by atoms with E-state index in [1.54, 1.807) is 12.1 Å². The quantitative estimate of drug-likeness (QED) is 0.524. The van der Waals surface area contributed by atoms with Gasteiger partial charge in [-0.25, -0.2) is 0 Å². The summed E-state index contributed by atoms with van der Waals surface area (Å²) in [6.45, 7) is -0.0864. The summed E-state index contributed by atoms with van der Waals surface area (Å²) < 4.78 is 0. The molecule has 0 amide bonds. The summed E-state index contributed by atoms with van der Waals surface area (Å²) >= 11 is 0. The third-order valence-electron chi connectivity index (χ3n) is 1.40. The molecule has 0 aromatic carbocycles. The fourth-order valence-electron chi connectivity index (χ4n) is 0.790. The molecule has 1 aromatic rings. The van der Waals surface area contributed by atoms with Crippen LogP contribution in [0, 0.1) is 10.1 Å². The zero-order valence-corrected chi connectivity index (χ0v) is 6.43. The van der Waals surface area contributed by atoms with Crippen LogP contribution in [0.25, 0.3) is 0 Å². The van der Waals surface area contributed by atoms with Crippen molar-refractivity contribution in [3.63, 3.8) is 0 Å². The van der Waals surface area contributed by atoms with Gasteiger partial charge < -0.3 is 5.73 Å². The fraction of sp³-hybridized carbons (Fsp3) is 0.286. The second-order valence-electron chi connectivity index (χ2n) is 2.39. The summed E-state index contributed by atoms with van der Waals surface area (Å²) in [5, 5.41) is 9.99. The minimum atomic E-state index is -0.363. The van der Waals surface area contributed by atoms with E-state index in [4.69, 9.17) is 5.73 Å². The monoisotopic (exact) mass is 167 g/mol. The van der Waals surface area contributed by atoms with Crippen molar-refractivity contribution in [3.8, 4) is 0 Å². The number of nitro groups is 1. The molecule has 0 aliphatic heterocycles. The number of nitrogens with two attached hydrogens (primary N) is 1. The van der Waals surface area contributed by atoms with Crippen LogP contribution < -0.4 is 5.73 Å². The highest BCUT2D eigenvalue weighted by Gasteiger charge is 1.99. The van der Waals surface area contributed by atoms with Crippen molar-refractivity contribution in [1.29, 1.82) is 0 Å². The number of hydrogen-bond acceptors (Lipinski definition) is 4. The van der Waals surface area contributed by atoms with E-state index in [1.165, 1.54) is 6.20 Å². The highest BCUT2D eigenvalue weighted by Crippen LogP contribution is 2.01. The van der Waals surface area contributed by atoms with Gasteiger partial charge in [-0.2, -0.15) is 0 Å². The lowest BCUT2D eigenvalue weighted by atomic mass is 10.2. The summed E-state index contributed by atoms with van der Waals surface area (Å²) in [7, 11) is 0. The summed E-state index contributed by atoms with van der Waals surface area (Å²) in [5.41, 5.74) is 6.65. The molecule has 64 valence electrons. The number of aromatic nitrogens is 1. The van der Waals surface area contributed by atoms with Gasteiger partial charge in [-0.15, -0.1) is 0 Å². The van der Waals surface area contributed by atoms with Gasteiger partial charge in [0.2, 0.25) is 6.54 Å². The van der Waals surface area contributed by atoms with Crippen LogP contribution in [0.1, 0.15) is 5.69 Å². The van der Waals surface area contributed by atoms with Crippen molar-refractivity contribution in [2.75, 3.05) is 12.3 Å². The van der Waals surface area contributed by atoms with E-state index in [-0.39, 0.29) is 11.5 Å². The Morgan fingerprint density at radius 3 is 2.83 bits per heavy atom. The third kappa shape index (κ3) is 2.53. The highest BCUT2D eigenvalue weighted by molar-refractivity contribution is 5.34. The molecule has 0 unspecified atom stereocenters. The molecule has 0 saturated carbocycles. The predicted octanol–water partition coefficient (Wildman–Crippen LogP) is 0.483. The molecule has 0 aliphatic carbocycles. The van der Waals surface area contributed by atoms with E-state index >= 15 is 0 Å². The standard InChI is InChI=1S/C7H9N3O2/c8-6-1-2-7(9-5-6)3-4-10(11)12/h1-2,5H,3-4,8H2. The third-order valence-corrected chi connectivity index (χ3v) is 1.40. The van der Waals surface area contributed by atoms with Crippen LogP contribution in [0.4, 0.5) is 5.69 Å². The number of hydrogen-bond donors (Lipinski definition) is 1. The van der Waals surface area contributed by atoms with Gasteiger partial charge in [-0.05, 0) is 12.1 Å². The Balaban J connectivity index is 2.53. The maximum atomic E-state index is 9.99. The van der Waals surface area contributed by atoms with Crippen LogP contribution in [0.2, 0.25) is 0 Å². The van der Waals surface area contributed by atoms with Gasteiger partial charge in [0.15, 0.2) is 0 Å². The first kappa shape index (κ1) is 8.45. The molecule has 0 spiro atoms. The lowest BCUT2D eigenvalue weighted by Gasteiger charge is -1.96. The van der Waals surface area contributed by atoms with Crippen LogP contribution in [-0.2, 0) is 6.42 Å². The Labute approximate surface area is 69.4 Å². The minimum Gasteiger partial charge on any atom is -0.397 e. The van der Waals surface area contributed by atoms with Crippen LogP contribution in [-0.4, -0.2) is 16.5 Å². The van der Waals surface area contributed by atoms with Gasteiger partial charge in [0.25, 0.3) is 0 Å². The normalized spacial score (nSPS) is 9.67. The molecule has 1 rings (SSSR count). The molecule has 0 atom stereocenters. The molecule has 5 heteroatoms. The first-order chi connectivity index (χ1) is 5.68. The van der Waals surface area contributed by atoms with Gasteiger partial charge in [0.1, 0.15) is 0 Å². The molecule has 0 bridgehead atoms. The molecule has 1 aromatic heterocycles. The number of anilines is 1. The molecule has 0 saturated heterocycles. The average Bonchev–Trinajstić information content (AvgIpc) is 2.03. The second-order valence-corrected chi connectivity index (χ2v) is 2.39. The molecule has 0 radical (unpaired) electrons. The first-order valence-corrected chi connectivity index (χ1v) is 3.50. The Morgan fingerprint density at radius 1 is 1.58 bits per heavy atom. The first-order valence-electron chi connectivity index (χ1n) is 3.50. The largest absolute Gasteiger partial charge is 0.397 e. The van der Waals surface area contributed by atoms with Crippen molar-refractivity contribution >= 4 is 5.69 Å². The van der Waals surface area contributed by atoms with E-state index < -0.39 is 0 Å². The number of nitrogen functional groups attached to an aromatic ring is 1. The number of rotatable bonds is 3. The van der Waals surface area contributed by atoms with E-state index in [1.807, 2.05) is 0 Å². The fourth-order valence-corrected chi connectivity index (χ4v) is 0.790. The average molecular weight is 167 g/mol. The van der Waals surface area contributed by atoms with Gasteiger partial charge >= 0.3 is 0 Å². The topological polar surface area (TPSA) is 82.0 Å². The maximum Gasteiger partial charge on any atom is 0.209 e. The minimum absolute atomic E-state index is 0.0864. The zero-order chi connectivity index (χ0) is 8.97.